The van der Waals surface area contributed by atoms with Crippen LogP contribution in [0.3, 0.4) is 0 Å². The van der Waals surface area contributed by atoms with Gasteiger partial charge in [0.2, 0.25) is 0 Å². The van der Waals surface area contributed by atoms with Gasteiger partial charge in [0.05, 0.1) is 4.53 Å². The molecule has 0 spiro atoms. The van der Waals surface area contributed by atoms with E-state index in [9.17, 15) is 9.59 Å². The topological polar surface area (TPSA) is 39.1 Å². The van der Waals surface area contributed by atoms with Crippen LogP contribution >= 0.6 is 34.5 Å². The molecule has 6 heteroatoms. The molecule has 1 aromatic heterocycles. The van der Waals surface area contributed by atoms with Crippen molar-refractivity contribution in [1.82, 2.24) is 4.57 Å². The predicted molar refractivity (Wildman–Crippen MR) is 97.8 cm³/mol. The minimum atomic E-state index is -0.490. The Balaban J connectivity index is 2.67. The lowest BCUT2D eigenvalue weighted by atomic mass is 9.91. The minimum Gasteiger partial charge on any atom is -0.302 e. The molecule has 0 radical (unpaired) electrons. The number of hydrogen-bond acceptors (Lipinski definition) is 3. The van der Waals surface area contributed by atoms with Gasteiger partial charge in [-0.3, -0.25) is 9.59 Å². The maximum Gasteiger partial charge on any atom is 0.268 e. The Labute approximate surface area is 148 Å². The van der Waals surface area contributed by atoms with Gasteiger partial charge in [0.25, 0.3) is 5.56 Å². The Morgan fingerprint density at radius 3 is 2.30 bits per heavy atom. The summed E-state index contributed by atoms with van der Waals surface area (Å²) in [6.45, 7) is 5.52. The third-order valence-corrected chi connectivity index (χ3v) is 5.10. The maximum absolute atomic E-state index is 12.4. The summed E-state index contributed by atoms with van der Waals surface area (Å²) in [6, 6.07) is 5.18. The second kappa shape index (κ2) is 6.63. The van der Waals surface area contributed by atoms with Crippen molar-refractivity contribution in [3.05, 3.63) is 53.4 Å². The quantitative estimate of drug-likeness (QED) is 0.815. The van der Waals surface area contributed by atoms with Gasteiger partial charge in [-0.05, 0) is 18.2 Å². The fraction of sp³-hybridized carbons (Fsp3) is 0.294. The van der Waals surface area contributed by atoms with E-state index in [0.717, 1.165) is 0 Å². The maximum atomic E-state index is 12.4. The minimum absolute atomic E-state index is 0.0309. The Kier molecular flexibility index (Phi) is 5.19. The average molecular weight is 370 g/mol. The van der Waals surface area contributed by atoms with Gasteiger partial charge in [-0.1, -0.05) is 50.0 Å². The van der Waals surface area contributed by atoms with E-state index in [2.05, 4.69) is 0 Å². The van der Waals surface area contributed by atoms with Gasteiger partial charge in [0, 0.05) is 34.1 Å². The SMILES string of the molecule is Cn1c(=O)/c(=C/c2c(Cl)cccc2Cl)s/c1=C/C(=O)C(C)(C)C. The van der Waals surface area contributed by atoms with Crippen molar-refractivity contribution < 1.29 is 4.79 Å². The van der Waals surface area contributed by atoms with Crippen LogP contribution in [0.5, 0.6) is 0 Å². The van der Waals surface area contributed by atoms with Crippen LogP contribution in [0.2, 0.25) is 10.0 Å². The van der Waals surface area contributed by atoms with Crippen molar-refractivity contribution in [2.45, 2.75) is 20.8 Å². The van der Waals surface area contributed by atoms with Gasteiger partial charge >= 0.3 is 0 Å². The molecular formula is C17H17Cl2NO2S. The molecule has 0 bridgehead atoms. The summed E-state index contributed by atoms with van der Waals surface area (Å²) in [5, 5.41) is 0.952. The Morgan fingerprint density at radius 1 is 1.22 bits per heavy atom. The van der Waals surface area contributed by atoms with Crippen LogP contribution in [0, 0.1) is 5.41 Å². The van der Waals surface area contributed by atoms with Crippen LogP contribution in [0.25, 0.3) is 12.2 Å². The predicted octanol–water partition coefficient (Wildman–Crippen LogP) is 2.98. The lowest BCUT2D eigenvalue weighted by Crippen LogP contribution is -2.30. The van der Waals surface area contributed by atoms with Crippen molar-refractivity contribution in [2.75, 3.05) is 0 Å². The fourth-order valence-corrected chi connectivity index (χ4v) is 3.33. The van der Waals surface area contributed by atoms with Crippen molar-refractivity contribution in [2.24, 2.45) is 12.5 Å². The third-order valence-electron chi connectivity index (χ3n) is 3.33. The van der Waals surface area contributed by atoms with Crippen molar-refractivity contribution in [1.29, 1.82) is 0 Å². The number of nitrogens with zero attached hydrogens (tertiary/aromatic N) is 1. The zero-order chi connectivity index (χ0) is 17.4. The van der Waals surface area contributed by atoms with E-state index in [4.69, 9.17) is 23.2 Å². The highest BCUT2D eigenvalue weighted by Gasteiger charge is 2.19. The first-order valence-corrected chi connectivity index (χ1v) is 8.56. The summed E-state index contributed by atoms with van der Waals surface area (Å²) in [4.78, 5) is 24.5. The Morgan fingerprint density at radius 2 is 1.78 bits per heavy atom. The number of Topliss-reactive ketones (excluding diaryl/α,β-unsaturated/α-hetero) is 1. The first kappa shape index (κ1) is 18.0. The summed E-state index contributed by atoms with van der Waals surface area (Å²) in [7, 11) is 1.64. The molecule has 0 unspecified atom stereocenters. The fourth-order valence-electron chi connectivity index (χ4n) is 1.82. The van der Waals surface area contributed by atoms with Crippen LogP contribution in [0.4, 0.5) is 0 Å². The molecule has 0 N–H and O–H groups in total. The summed E-state index contributed by atoms with van der Waals surface area (Å²) >= 11 is 13.5. The molecule has 0 atom stereocenters. The number of halogens is 2. The van der Waals surface area contributed by atoms with E-state index in [1.54, 1.807) is 31.3 Å². The third kappa shape index (κ3) is 3.94. The van der Waals surface area contributed by atoms with Gasteiger partial charge < -0.3 is 4.57 Å². The molecule has 0 aliphatic heterocycles. The molecule has 122 valence electrons. The number of benzene rings is 1. The first-order valence-electron chi connectivity index (χ1n) is 6.99. The summed E-state index contributed by atoms with van der Waals surface area (Å²) in [6.07, 6.45) is 3.17. The molecule has 0 aliphatic carbocycles. The highest BCUT2D eigenvalue weighted by Crippen LogP contribution is 2.24. The zero-order valence-corrected chi connectivity index (χ0v) is 15.6. The van der Waals surface area contributed by atoms with Crippen LogP contribution in [-0.2, 0) is 11.8 Å². The number of ketones is 1. The molecule has 1 aromatic carbocycles. The number of rotatable bonds is 2. The monoisotopic (exact) mass is 369 g/mol. The van der Waals surface area contributed by atoms with Crippen LogP contribution in [-0.4, -0.2) is 10.4 Å². The van der Waals surface area contributed by atoms with Gasteiger partial charge in [0.15, 0.2) is 5.78 Å². The van der Waals surface area contributed by atoms with E-state index >= 15 is 0 Å². The van der Waals surface area contributed by atoms with Crippen molar-refractivity contribution in [3.63, 3.8) is 0 Å². The number of aromatic nitrogens is 1. The lowest BCUT2D eigenvalue weighted by molar-refractivity contribution is -0.120. The summed E-state index contributed by atoms with van der Waals surface area (Å²) < 4.78 is 2.55. The van der Waals surface area contributed by atoms with E-state index in [-0.39, 0.29) is 11.3 Å². The molecule has 1 heterocycles. The van der Waals surface area contributed by atoms with Gasteiger partial charge in [-0.25, -0.2) is 0 Å². The molecule has 0 saturated carbocycles. The first-order chi connectivity index (χ1) is 10.6. The van der Waals surface area contributed by atoms with Gasteiger partial charge in [-0.15, -0.1) is 11.3 Å². The molecule has 0 saturated heterocycles. The molecule has 0 aliphatic rings. The standard InChI is InChI=1S/C17H17Cl2NO2S/c1-17(2,3)14(21)9-15-20(4)16(22)13(23-15)8-10-11(18)6-5-7-12(10)19/h5-9H,1-4H3/b13-8-,15-9+. The van der Waals surface area contributed by atoms with E-state index in [1.807, 2.05) is 20.8 Å². The second-order valence-corrected chi connectivity index (χ2v) is 8.08. The van der Waals surface area contributed by atoms with Crippen LogP contribution in [0.15, 0.2) is 23.0 Å². The van der Waals surface area contributed by atoms with Crippen molar-refractivity contribution >= 4 is 52.5 Å². The second-order valence-electron chi connectivity index (χ2n) is 6.21. The smallest absolute Gasteiger partial charge is 0.268 e. The molecular weight excluding hydrogens is 353 g/mol. The molecule has 23 heavy (non-hydrogen) atoms. The zero-order valence-electron chi connectivity index (χ0n) is 13.3. The molecule has 2 rings (SSSR count). The Hall–Kier alpha value is -1.36. The number of hydrogen-bond donors (Lipinski definition) is 0. The Bertz CT molecular complexity index is 913. The largest absolute Gasteiger partial charge is 0.302 e. The van der Waals surface area contributed by atoms with Crippen LogP contribution in [0.1, 0.15) is 26.3 Å². The van der Waals surface area contributed by atoms with Crippen molar-refractivity contribution in [3.8, 4) is 0 Å². The highest BCUT2D eigenvalue weighted by atomic mass is 35.5. The molecule has 2 aromatic rings. The van der Waals surface area contributed by atoms with Crippen LogP contribution < -0.4 is 14.8 Å². The van der Waals surface area contributed by atoms with E-state index in [1.165, 1.54) is 22.0 Å². The summed E-state index contributed by atoms with van der Waals surface area (Å²) in [5.74, 6) is -0.0309. The molecule has 0 amide bonds. The lowest BCUT2D eigenvalue weighted by Gasteiger charge is -2.12. The number of carbonyl (C=O) groups is 1. The van der Waals surface area contributed by atoms with E-state index < -0.39 is 5.41 Å². The molecule has 0 fully saturated rings. The highest BCUT2D eigenvalue weighted by molar-refractivity contribution is 7.07. The van der Waals surface area contributed by atoms with E-state index in [0.29, 0.717) is 24.8 Å². The summed E-state index contributed by atoms with van der Waals surface area (Å²) in [5.41, 5.74) is -0.0712. The average Bonchev–Trinajstić information content (AvgIpc) is 2.70. The number of thiazole rings is 1. The van der Waals surface area contributed by atoms with Gasteiger partial charge in [-0.2, -0.15) is 0 Å². The van der Waals surface area contributed by atoms with Gasteiger partial charge in [0.1, 0.15) is 4.66 Å². The molecule has 3 nitrogen and oxygen atoms in total. The normalized spacial score (nSPS) is 13.7. The number of carbonyl (C=O) groups excluding carboxylic acids is 1.